The van der Waals surface area contributed by atoms with E-state index in [1.165, 1.54) is 12.1 Å². The van der Waals surface area contributed by atoms with E-state index < -0.39 is 0 Å². The minimum absolute atomic E-state index is 0.0514. The van der Waals surface area contributed by atoms with Gasteiger partial charge in [-0.1, -0.05) is 18.2 Å². The number of nitrogens with zero attached hydrogens (tertiary/aromatic N) is 2. The van der Waals surface area contributed by atoms with E-state index in [2.05, 4.69) is 4.90 Å². The summed E-state index contributed by atoms with van der Waals surface area (Å²) in [4.78, 5) is 17.2. The molecule has 0 N–H and O–H groups in total. The molecule has 3 rings (SSSR count). The van der Waals surface area contributed by atoms with Crippen LogP contribution in [0.1, 0.15) is 28.8 Å². The number of carbonyl (C=O) groups excluding carboxylic acids is 1. The Balaban J connectivity index is 1.48. The Kier molecular flexibility index (Phi) is 7.69. The Bertz CT molecular complexity index is 833. The quantitative estimate of drug-likeness (QED) is 0.658. The molecule has 2 aromatic rings. The van der Waals surface area contributed by atoms with E-state index in [1.807, 2.05) is 25.2 Å². The van der Waals surface area contributed by atoms with Gasteiger partial charge in [-0.3, -0.25) is 4.79 Å². The lowest BCUT2D eigenvalue weighted by Gasteiger charge is -2.34. The van der Waals surface area contributed by atoms with Gasteiger partial charge in [-0.15, -0.1) is 0 Å². The molecule has 0 spiro atoms. The summed E-state index contributed by atoms with van der Waals surface area (Å²) in [5.41, 5.74) is 1.69. The van der Waals surface area contributed by atoms with Crippen LogP contribution in [0.3, 0.4) is 0 Å². The maximum atomic E-state index is 13.0. The van der Waals surface area contributed by atoms with Crippen molar-refractivity contribution in [3.8, 4) is 11.5 Å². The first kappa shape index (κ1) is 22.1. The molecule has 1 fully saturated rings. The molecule has 5 nitrogen and oxygen atoms in total. The molecule has 0 unspecified atom stereocenters. The fourth-order valence-electron chi connectivity index (χ4n) is 4.06. The zero-order valence-corrected chi connectivity index (χ0v) is 18.1. The highest BCUT2D eigenvalue weighted by atomic mass is 19.1. The topological polar surface area (TPSA) is 42.0 Å². The summed E-state index contributed by atoms with van der Waals surface area (Å²) < 4.78 is 23.7. The summed E-state index contributed by atoms with van der Waals surface area (Å²) in [7, 11) is 4.97. The number of hydrogen-bond acceptors (Lipinski definition) is 4. The number of likely N-dealkylation sites (tertiary alicyclic amines) is 1. The van der Waals surface area contributed by atoms with Crippen molar-refractivity contribution in [2.45, 2.75) is 19.3 Å². The van der Waals surface area contributed by atoms with Crippen molar-refractivity contribution in [1.29, 1.82) is 0 Å². The highest BCUT2D eigenvalue weighted by Gasteiger charge is 2.24. The van der Waals surface area contributed by atoms with Crippen molar-refractivity contribution in [1.82, 2.24) is 9.80 Å². The van der Waals surface area contributed by atoms with E-state index in [1.54, 1.807) is 31.3 Å². The van der Waals surface area contributed by atoms with Gasteiger partial charge in [0.25, 0.3) is 5.91 Å². The van der Waals surface area contributed by atoms with Crippen LogP contribution < -0.4 is 9.47 Å². The second-order valence-corrected chi connectivity index (χ2v) is 7.89. The fraction of sp³-hybridized carbons (Fsp3) is 0.458. The first-order chi connectivity index (χ1) is 14.5. The number of benzene rings is 2. The minimum atomic E-state index is -0.190. The monoisotopic (exact) mass is 414 g/mol. The fourth-order valence-corrected chi connectivity index (χ4v) is 4.06. The highest BCUT2D eigenvalue weighted by Crippen LogP contribution is 2.31. The van der Waals surface area contributed by atoms with Gasteiger partial charge in [-0.25, -0.2) is 4.39 Å². The zero-order chi connectivity index (χ0) is 21.5. The molecule has 0 aliphatic carbocycles. The summed E-state index contributed by atoms with van der Waals surface area (Å²) in [6.45, 7) is 3.76. The molecular formula is C24H31FN2O3. The molecular weight excluding hydrogens is 383 g/mol. The van der Waals surface area contributed by atoms with Crippen molar-refractivity contribution in [2.75, 3.05) is 47.4 Å². The molecule has 0 radical (unpaired) electrons. The molecule has 30 heavy (non-hydrogen) atoms. The predicted molar refractivity (Wildman–Crippen MR) is 116 cm³/mol. The van der Waals surface area contributed by atoms with Gasteiger partial charge in [-0.05, 0) is 68.1 Å². The van der Waals surface area contributed by atoms with E-state index in [0.717, 1.165) is 51.0 Å². The number of halogens is 1. The van der Waals surface area contributed by atoms with Gasteiger partial charge in [-0.2, -0.15) is 0 Å². The van der Waals surface area contributed by atoms with Gasteiger partial charge in [0.2, 0.25) is 0 Å². The maximum Gasteiger partial charge on any atom is 0.257 e. The van der Waals surface area contributed by atoms with Crippen LogP contribution in [-0.4, -0.2) is 63.2 Å². The van der Waals surface area contributed by atoms with Crippen LogP contribution in [0.5, 0.6) is 11.5 Å². The lowest BCUT2D eigenvalue weighted by molar-refractivity contribution is 0.0736. The number of methoxy groups -OCH3 is 2. The Hall–Kier alpha value is -2.60. The van der Waals surface area contributed by atoms with E-state index in [9.17, 15) is 9.18 Å². The Morgan fingerprint density at radius 2 is 1.80 bits per heavy atom. The van der Waals surface area contributed by atoms with Crippen molar-refractivity contribution >= 4 is 5.91 Å². The summed E-state index contributed by atoms with van der Waals surface area (Å²) in [5.74, 6) is 1.28. The van der Waals surface area contributed by atoms with Crippen LogP contribution in [0.25, 0.3) is 0 Å². The molecule has 1 aliphatic rings. The SMILES string of the molecule is COc1cccc(C(=O)N(C)CC2CCN(CCc3ccc(F)cc3)CC2)c1OC. The molecule has 0 bridgehead atoms. The minimum Gasteiger partial charge on any atom is -0.493 e. The van der Waals surface area contributed by atoms with Crippen molar-refractivity contribution in [3.63, 3.8) is 0 Å². The zero-order valence-electron chi connectivity index (χ0n) is 18.1. The maximum absolute atomic E-state index is 13.0. The third-order valence-electron chi connectivity index (χ3n) is 5.85. The number of hydrogen-bond donors (Lipinski definition) is 0. The van der Waals surface area contributed by atoms with Gasteiger partial charge < -0.3 is 19.3 Å². The standard InChI is InChI=1S/C24H31FN2O3/c1-26(24(28)21-5-4-6-22(29-2)23(21)30-3)17-19-12-15-27(16-13-19)14-11-18-7-9-20(25)10-8-18/h4-10,19H,11-17H2,1-3H3. The van der Waals surface area contributed by atoms with E-state index in [-0.39, 0.29) is 11.7 Å². The Morgan fingerprint density at radius 3 is 2.43 bits per heavy atom. The summed E-state index contributed by atoms with van der Waals surface area (Å²) in [6, 6.07) is 12.1. The smallest absolute Gasteiger partial charge is 0.257 e. The number of rotatable bonds is 8. The van der Waals surface area contributed by atoms with Crippen molar-refractivity contribution < 1.29 is 18.7 Å². The first-order valence-electron chi connectivity index (χ1n) is 10.4. The molecule has 1 heterocycles. The summed E-state index contributed by atoms with van der Waals surface area (Å²) >= 11 is 0. The second kappa shape index (κ2) is 10.4. The van der Waals surface area contributed by atoms with Crippen LogP contribution in [0.2, 0.25) is 0 Å². The second-order valence-electron chi connectivity index (χ2n) is 7.89. The summed E-state index contributed by atoms with van der Waals surface area (Å²) in [6.07, 6.45) is 3.06. The van der Waals surface area contributed by atoms with Gasteiger partial charge in [0.05, 0.1) is 19.8 Å². The Morgan fingerprint density at radius 1 is 1.10 bits per heavy atom. The highest BCUT2D eigenvalue weighted by molar-refractivity contribution is 5.97. The number of amides is 1. The van der Waals surface area contributed by atoms with E-state index >= 15 is 0 Å². The van der Waals surface area contributed by atoms with Gasteiger partial charge in [0, 0.05) is 20.1 Å². The molecule has 0 saturated carbocycles. The average molecular weight is 415 g/mol. The van der Waals surface area contributed by atoms with Crippen molar-refractivity contribution in [3.05, 3.63) is 59.4 Å². The lowest BCUT2D eigenvalue weighted by atomic mass is 9.95. The first-order valence-corrected chi connectivity index (χ1v) is 10.4. The molecule has 6 heteroatoms. The third kappa shape index (κ3) is 5.51. The number of piperidine rings is 1. The average Bonchev–Trinajstić information content (AvgIpc) is 2.78. The molecule has 162 valence electrons. The molecule has 1 saturated heterocycles. The molecule has 2 aromatic carbocycles. The van der Waals surface area contributed by atoms with Gasteiger partial charge >= 0.3 is 0 Å². The normalized spacial score (nSPS) is 15.1. The third-order valence-corrected chi connectivity index (χ3v) is 5.85. The van der Waals surface area contributed by atoms with E-state index in [4.69, 9.17) is 9.47 Å². The van der Waals surface area contributed by atoms with Crippen LogP contribution >= 0.6 is 0 Å². The van der Waals surface area contributed by atoms with Crippen LogP contribution in [0.15, 0.2) is 42.5 Å². The lowest BCUT2D eigenvalue weighted by Crippen LogP contribution is -2.40. The van der Waals surface area contributed by atoms with E-state index in [0.29, 0.717) is 23.0 Å². The number of carbonyl (C=O) groups is 1. The molecule has 0 aromatic heterocycles. The Labute approximate surface area is 178 Å². The largest absolute Gasteiger partial charge is 0.493 e. The van der Waals surface area contributed by atoms with Crippen molar-refractivity contribution in [2.24, 2.45) is 5.92 Å². The molecule has 1 amide bonds. The molecule has 1 aliphatic heterocycles. The van der Waals surface area contributed by atoms with Gasteiger partial charge in [0.1, 0.15) is 5.82 Å². The number of ether oxygens (including phenoxy) is 2. The number of para-hydroxylation sites is 1. The van der Waals surface area contributed by atoms with Crippen LogP contribution in [0.4, 0.5) is 4.39 Å². The summed E-state index contributed by atoms with van der Waals surface area (Å²) in [5, 5.41) is 0. The predicted octanol–water partition coefficient (Wildman–Crippen LogP) is 3.87. The van der Waals surface area contributed by atoms with Crippen LogP contribution in [0, 0.1) is 11.7 Å². The molecule has 0 atom stereocenters. The van der Waals surface area contributed by atoms with Gasteiger partial charge in [0.15, 0.2) is 11.5 Å². The van der Waals surface area contributed by atoms with Crippen LogP contribution in [-0.2, 0) is 6.42 Å².